The van der Waals surface area contributed by atoms with E-state index >= 15 is 0 Å². The standard InChI is InChI=1S/C18H17FN2/c1-12-8-14(10-15(19)9-12)17(20)11-13-6-7-21-18-5-3-2-4-16(13)18/h2-10,17H,11,20H2,1H3. The smallest absolute Gasteiger partial charge is 0.123 e. The summed E-state index contributed by atoms with van der Waals surface area (Å²) < 4.78 is 13.5. The zero-order valence-electron chi connectivity index (χ0n) is 11.9. The molecule has 0 aliphatic carbocycles. The summed E-state index contributed by atoms with van der Waals surface area (Å²) in [5, 5.41) is 1.10. The van der Waals surface area contributed by atoms with E-state index in [1.54, 1.807) is 6.20 Å². The number of para-hydroxylation sites is 1. The largest absolute Gasteiger partial charge is 0.324 e. The summed E-state index contributed by atoms with van der Waals surface area (Å²) in [7, 11) is 0. The van der Waals surface area contributed by atoms with E-state index in [1.807, 2.05) is 43.3 Å². The van der Waals surface area contributed by atoms with Crippen LogP contribution in [0.25, 0.3) is 10.9 Å². The van der Waals surface area contributed by atoms with Gasteiger partial charge in [0.25, 0.3) is 0 Å². The third-order valence-electron chi connectivity index (χ3n) is 3.67. The molecule has 2 nitrogen and oxygen atoms in total. The summed E-state index contributed by atoms with van der Waals surface area (Å²) in [6.07, 6.45) is 2.45. The topological polar surface area (TPSA) is 38.9 Å². The first-order chi connectivity index (χ1) is 10.1. The Balaban J connectivity index is 1.94. The molecule has 0 saturated heterocycles. The minimum absolute atomic E-state index is 0.231. The third kappa shape index (κ3) is 2.93. The predicted octanol–water partition coefficient (Wildman–Crippen LogP) is 3.92. The van der Waals surface area contributed by atoms with E-state index in [2.05, 4.69) is 4.98 Å². The van der Waals surface area contributed by atoms with E-state index in [1.165, 1.54) is 12.1 Å². The number of rotatable bonds is 3. The minimum atomic E-state index is -0.236. The van der Waals surface area contributed by atoms with Gasteiger partial charge in [0, 0.05) is 17.6 Å². The van der Waals surface area contributed by atoms with E-state index in [9.17, 15) is 4.39 Å². The Morgan fingerprint density at radius 3 is 2.76 bits per heavy atom. The number of nitrogens with zero attached hydrogens (tertiary/aromatic N) is 1. The first-order valence-electron chi connectivity index (χ1n) is 6.99. The minimum Gasteiger partial charge on any atom is -0.324 e. The molecule has 0 spiro atoms. The maximum absolute atomic E-state index is 13.5. The van der Waals surface area contributed by atoms with Crippen LogP contribution in [0, 0.1) is 12.7 Å². The summed E-state index contributed by atoms with van der Waals surface area (Å²) in [5.41, 5.74) is 10.1. The molecule has 3 aromatic rings. The second-order valence-corrected chi connectivity index (χ2v) is 5.36. The number of fused-ring (bicyclic) bond motifs is 1. The molecule has 0 bridgehead atoms. The van der Waals surface area contributed by atoms with Gasteiger partial charge in [-0.1, -0.05) is 24.3 Å². The van der Waals surface area contributed by atoms with Gasteiger partial charge in [-0.2, -0.15) is 0 Å². The second kappa shape index (κ2) is 5.62. The zero-order chi connectivity index (χ0) is 14.8. The quantitative estimate of drug-likeness (QED) is 0.789. The van der Waals surface area contributed by atoms with Crippen LogP contribution in [-0.4, -0.2) is 4.98 Å². The van der Waals surface area contributed by atoms with Gasteiger partial charge < -0.3 is 5.73 Å². The highest BCUT2D eigenvalue weighted by Crippen LogP contribution is 2.23. The molecule has 2 aromatic carbocycles. The predicted molar refractivity (Wildman–Crippen MR) is 83.5 cm³/mol. The summed E-state index contributed by atoms with van der Waals surface area (Å²) in [4.78, 5) is 4.35. The fourth-order valence-corrected chi connectivity index (χ4v) is 2.67. The number of benzene rings is 2. The molecule has 3 rings (SSSR count). The lowest BCUT2D eigenvalue weighted by molar-refractivity contribution is 0.617. The third-order valence-corrected chi connectivity index (χ3v) is 3.67. The molecule has 106 valence electrons. The van der Waals surface area contributed by atoms with Crippen molar-refractivity contribution in [1.29, 1.82) is 0 Å². The van der Waals surface area contributed by atoms with Gasteiger partial charge >= 0.3 is 0 Å². The van der Waals surface area contributed by atoms with E-state index in [0.717, 1.165) is 27.6 Å². The van der Waals surface area contributed by atoms with Gasteiger partial charge in [-0.3, -0.25) is 4.98 Å². The Morgan fingerprint density at radius 2 is 1.95 bits per heavy atom. The van der Waals surface area contributed by atoms with Crippen molar-refractivity contribution in [2.75, 3.05) is 0 Å². The van der Waals surface area contributed by atoms with Gasteiger partial charge in [0.2, 0.25) is 0 Å². The van der Waals surface area contributed by atoms with Crippen LogP contribution < -0.4 is 5.73 Å². The van der Waals surface area contributed by atoms with Gasteiger partial charge in [-0.25, -0.2) is 4.39 Å². The van der Waals surface area contributed by atoms with Crippen molar-refractivity contribution in [2.24, 2.45) is 5.73 Å². The van der Waals surface area contributed by atoms with Gasteiger partial charge in [-0.15, -0.1) is 0 Å². The maximum Gasteiger partial charge on any atom is 0.123 e. The Hall–Kier alpha value is -2.26. The SMILES string of the molecule is Cc1cc(F)cc(C(N)Cc2ccnc3ccccc23)c1. The highest BCUT2D eigenvalue weighted by Gasteiger charge is 2.11. The number of hydrogen-bond donors (Lipinski definition) is 1. The van der Waals surface area contributed by atoms with Crippen LogP contribution in [0.3, 0.4) is 0 Å². The normalized spacial score (nSPS) is 12.5. The summed E-state index contributed by atoms with van der Waals surface area (Å²) in [6.45, 7) is 1.88. The molecule has 0 radical (unpaired) electrons. The summed E-state index contributed by atoms with van der Waals surface area (Å²) in [5.74, 6) is -0.236. The number of hydrogen-bond acceptors (Lipinski definition) is 2. The fourth-order valence-electron chi connectivity index (χ4n) is 2.67. The van der Waals surface area contributed by atoms with E-state index in [0.29, 0.717) is 6.42 Å². The number of aromatic nitrogens is 1. The maximum atomic E-state index is 13.5. The van der Waals surface area contributed by atoms with Crippen molar-refractivity contribution < 1.29 is 4.39 Å². The van der Waals surface area contributed by atoms with Crippen molar-refractivity contribution in [2.45, 2.75) is 19.4 Å². The van der Waals surface area contributed by atoms with Crippen LogP contribution in [-0.2, 0) is 6.42 Å². The van der Waals surface area contributed by atoms with E-state index < -0.39 is 0 Å². The molecule has 1 aromatic heterocycles. The summed E-state index contributed by atoms with van der Waals surface area (Å²) >= 11 is 0. The number of pyridine rings is 1. The van der Waals surface area contributed by atoms with Gasteiger partial charge in [0.05, 0.1) is 5.52 Å². The van der Waals surface area contributed by atoms with Gasteiger partial charge in [-0.05, 0) is 54.3 Å². The first kappa shape index (κ1) is 13.7. The molecule has 1 heterocycles. The average molecular weight is 280 g/mol. The van der Waals surface area contributed by atoms with Crippen molar-refractivity contribution in [1.82, 2.24) is 4.98 Å². The first-order valence-corrected chi connectivity index (χ1v) is 6.99. The highest BCUT2D eigenvalue weighted by atomic mass is 19.1. The van der Waals surface area contributed by atoms with Crippen molar-refractivity contribution in [3.05, 3.63) is 77.2 Å². The molecule has 1 atom stereocenters. The lowest BCUT2D eigenvalue weighted by Crippen LogP contribution is -2.14. The Labute approximate surface area is 123 Å². The number of aryl methyl sites for hydroxylation is 1. The lowest BCUT2D eigenvalue weighted by atomic mass is 9.96. The molecule has 2 N–H and O–H groups in total. The fraction of sp³-hybridized carbons (Fsp3) is 0.167. The van der Waals surface area contributed by atoms with Crippen molar-refractivity contribution in [3.8, 4) is 0 Å². The Morgan fingerprint density at radius 1 is 1.14 bits per heavy atom. The van der Waals surface area contributed by atoms with E-state index in [4.69, 9.17) is 5.73 Å². The molecule has 0 saturated carbocycles. The highest BCUT2D eigenvalue weighted by molar-refractivity contribution is 5.81. The van der Waals surface area contributed by atoms with Crippen LogP contribution in [0.4, 0.5) is 4.39 Å². The second-order valence-electron chi connectivity index (χ2n) is 5.36. The molecule has 0 aliphatic heterocycles. The molecule has 21 heavy (non-hydrogen) atoms. The van der Waals surface area contributed by atoms with Gasteiger partial charge in [0.1, 0.15) is 5.82 Å². The molecule has 1 unspecified atom stereocenters. The number of halogens is 1. The molecule has 0 aliphatic rings. The number of nitrogens with two attached hydrogens (primary N) is 1. The van der Waals surface area contributed by atoms with Crippen LogP contribution >= 0.6 is 0 Å². The van der Waals surface area contributed by atoms with Crippen LogP contribution in [0.15, 0.2) is 54.7 Å². The monoisotopic (exact) mass is 280 g/mol. The summed E-state index contributed by atoms with van der Waals surface area (Å²) in [6, 6.07) is 14.7. The lowest BCUT2D eigenvalue weighted by Gasteiger charge is -2.14. The molecule has 0 fully saturated rings. The molecule has 3 heteroatoms. The molecular formula is C18H17FN2. The Bertz CT molecular complexity index is 758. The van der Waals surface area contributed by atoms with Crippen LogP contribution in [0.1, 0.15) is 22.7 Å². The van der Waals surface area contributed by atoms with Gasteiger partial charge in [0.15, 0.2) is 0 Å². The van der Waals surface area contributed by atoms with Crippen LogP contribution in [0.5, 0.6) is 0 Å². The molecular weight excluding hydrogens is 263 g/mol. The van der Waals surface area contributed by atoms with Crippen LogP contribution in [0.2, 0.25) is 0 Å². The average Bonchev–Trinajstić information content (AvgIpc) is 2.46. The van der Waals surface area contributed by atoms with Crippen molar-refractivity contribution >= 4 is 10.9 Å². The van der Waals surface area contributed by atoms with E-state index in [-0.39, 0.29) is 11.9 Å². The van der Waals surface area contributed by atoms with Crippen molar-refractivity contribution in [3.63, 3.8) is 0 Å². The Kier molecular flexibility index (Phi) is 3.67. The molecule has 0 amide bonds. The zero-order valence-corrected chi connectivity index (χ0v) is 11.9.